The Labute approximate surface area is 143 Å². The van der Waals surface area contributed by atoms with E-state index in [1.165, 1.54) is 0 Å². The molecule has 1 aromatic heterocycles. The monoisotopic (exact) mass is 348 g/mol. The van der Waals surface area contributed by atoms with Gasteiger partial charge in [-0.3, -0.25) is 0 Å². The van der Waals surface area contributed by atoms with Gasteiger partial charge in [0.25, 0.3) is 0 Å². The van der Waals surface area contributed by atoms with Crippen molar-refractivity contribution < 1.29 is 12.9 Å². The molecule has 2 heterocycles. The minimum Gasteiger partial charge on any atom is -0.361 e. The quantitative estimate of drug-likeness (QED) is 0.839. The van der Waals surface area contributed by atoms with Crippen LogP contribution in [0.4, 0.5) is 0 Å². The lowest BCUT2D eigenvalue weighted by Gasteiger charge is -2.22. The van der Waals surface area contributed by atoms with Crippen molar-refractivity contribution in [3.63, 3.8) is 0 Å². The number of aryl methyl sites for hydroxylation is 2. The van der Waals surface area contributed by atoms with Gasteiger partial charge in [-0.05, 0) is 49.9 Å². The lowest BCUT2D eigenvalue weighted by atomic mass is 10.1. The minimum atomic E-state index is -3.53. The molecule has 130 valence electrons. The van der Waals surface area contributed by atoms with Crippen molar-refractivity contribution in [1.82, 2.24) is 9.46 Å². The van der Waals surface area contributed by atoms with Gasteiger partial charge in [-0.15, -0.1) is 0 Å². The summed E-state index contributed by atoms with van der Waals surface area (Å²) in [7, 11) is -3.53. The average molecular weight is 348 g/mol. The Morgan fingerprint density at radius 2 is 1.96 bits per heavy atom. The number of sulfonamides is 1. The molecule has 0 bridgehead atoms. The largest absolute Gasteiger partial charge is 0.361 e. The predicted molar refractivity (Wildman–Crippen MR) is 92.4 cm³/mol. The normalized spacial score (nSPS) is 19.3. The van der Waals surface area contributed by atoms with Crippen molar-refractivity contribution in [2.75, 3.05) is 6.54 Å². The van der Waals surface area contributed by atoms with E-state index in [9.17, 15) is 8.42 Å². The number of nitrogens with zero attached hydrogens (tertiary/aromatic N) is 2. The third kappa shape index (κ3) is 3.00. The molecule has 1 aliphatic heterocycles. The zero-order chi connectivity index (χ0) is 17.5. The van der Waals surface area contributed by atoms with E-state index in [0.717, 1.165) is 29.7 Å². The molecule has 24 heavy (non-hydrogen) atoms. The van der Waals surface area contributed by atoms with Gasteiger partial charge in [0.2, 0.25) is 10.0 Å². The number of hydrogen-bond acceptors (Lipinski definition) is 4. The van der Waals surface area contributed by atoms with Gasteiger partial charge >= 0.3 is 0 Å². The van der Waals surface area contributed by atoms with Gasteiger partial charge in [0.05, 0.1) is 10.9 Å². The second kappa shape index (κ2) is 6.33. The summed E-state index contributed by atoms with van der Waals surface area (Å²) in [6.45, 7) is 8.49. The molecular weight excluding hydrogens is 324 g/mol. The molecule has 0 radical (unpaired) electrons. The van der Waals surface area contributed by atoms with Crippen LogP contribution in [-0.4, -0.2) is 24.4 Å². The predicted octanol–water partition coefficient (Wildman–Crippen LogP) is 3.94. The first-order valence-electron chi connectivity index (χ1n) is 8.36. The van der Waals surface area contributed by atoms with Crippen LogP contribution in [0.15, 0.2) is 33.7 Å². The van der Waals surface area contributed by atoms with E-state index in [2.05, 4.69) is 5.16 Å². The molecule has 5 nitrogen and oxygen atoms in total. The third-order valence-corrected chi connectivity index (χ3v) is 6.65. The van der Waals surface area contributed by atoms with Crippen molar-refractivity contribution in [2.24, 2.45) is 0 Å². The Morgan fingerprint density at radius 1 is 1.21 bits per heavy atom. The molecule has 1 fully saturated rings. The zero-order valence-corrected chi connectivity index (χ0v) is 15.4. The summed E-state index contributed by atoms with van der Waals surface area (Å²) >= 11 is 0. The summed E-state index contributed by atoms with van der Waals surface area (Å²) < 4.78 is 33.1. The van der Waals surface area contributed by atoms with Gasteiger partial charge < -0.3 is 4.52 Å². The highest BCUT2D eigenvalue weighted by Gasteiger charge is 2.38. The van der Waals surface area contributed by atoms with Crippen molar-refractivity contribution in [3.8, 4) is 0 Å². The summed E-state index contributed by atoms with van der Waals surface area (Å²) in [5.41, 5.74) is 2.78. The van der Waals surface area contributed by atoms with Crippen molar-refractivity contribution in [2.45, 2.75) is 57.4 Å². The van der Waals surface area contributed by atoms with Crippen LogP contribution in [0.3, 0.4) is 0 Å². The fourth-order valence-corrected chi connectivity index (χ4v) is 4.82. The van der Waals surface area contributed by atoms with E-state index in [-0.39, 0.29) is 12.0 Å². The van der Waals surface area contributed by atoms with Crippen LogP contribution in [0.1, 0.15) is 61.2 Å². The average Bonchev–Trinajstić information content (AvgIpc) is 3.17. The van der Waals surface area contributed by atoms with Gasteiger partial charge in [0.15, 0.2) is 0 Å². The van der Waals surface area contributed by atoms with E-state index >= 15 is 0 Å². The van der Waals surface area contributed by atoms with Crippen LogP contribution in [0, 0.1) is 13.8 Å². The standard InChI is InChI=1S/C18H24N2O3S/c1-12(2)18-11-16(19-23-18)17-6-5-9-20(17)24(21,22)15-8-7-13(3)14(4)10-15/h7-8,10-12,17H,5-6,9H2,1-4H3/t17-/m0/s1. The summed E-state index contributed by atoms with van der Waals surface area (Å²) in [4.78, 5) is 0.352. The second-order valence-electron chi connectivity index (χ2n) is 6.83. The summed E-state index contributed by atoms with van der Waals surface area (Å²) in [5, 5.41) is 4.13. The first kappa shape index (κ1) is 17.2. The minimum absolute atomic E-state index is 0.234. The molecule has 1 aliphatic rings. The Morgan fingerprint density at radius 3 is 2.58 bits per heavy atom. The maximum absolute atomic E-state index is 13.1. The zero-order valence-electron chi connectivity index (χ0n) is 14.6. The molecule has 0 amide bonds. The van der Waals surface area contributed by atoms with Crippen LogP contribution in [0.5, 0.6) is 0 Å². The van der Waals surface area contributed by atoms with Crippen molar-refractivity contribution in [1.29, 1.82) is 0 Å². The van der Waals surface area contributed by atoms with Gasteiger partial charge in [0.1, 0.15) is 11.5 Å². The molecule has 1 saturated heterocycles. The molecule has 2 aromatic rings. The van der Waals surface area contributed by atoms with Gasteiger partial charge in [-0.2, -0.15) is 4.31 Å². The van der Waals surface area contributed by atoms with Crippen molar-refractivity contribution >= 4 is 10.0 Å². The van der Waals surface area contributed by atoms with E-state index in [1.807, 2.05) is 39.8 Å². The Balaban J connectivity index is 1.95. The van der Waals surface area contributed by atoms with Crippen LogP contribution >= 0.6 is 0 Å². The Kier molecular flexibility index (Phi) is 4.53. The molecule has 0 unspecified atom stereocenters. The summed E-state index contributed by atoms with van der Waals surface area (Å²) in [6, 6.07) is 6.95. The highest BCUT2D eigenvalue weighted by molar-refractivity contribution is 7.89. The second-order valence-corrected chi connectivity index (χ2v) is 8.72. The summed E-state index contributed by atoms with van der Waals surface area (Å²) in [5.74, 6) is 1.03. The number of hydrogen-bond donors (Lipinski definition) is 0. The third-order valence-electron chi connectivity index (χ3n) is 4.75. The molecule has 0 saturated carbocycles. The highest BCUT2D eigenvalue weighted by atomic mass is 32.2. The van der Waals surface area contributed by atoms with Gasteiger partial charge in [-0.25, -0.2) is 8.42 Å². The van der Waals surface area contributed by atoms with Gasteiger partial charge in [-0.1, -0.05) is 25.1 Å². The van der Waals surface area contributed by atoms with E-state index in [4.69, 9.17) is 4.52 Å². The Hall–Kier alpha value is -1.66. The molecule has 3 rings (SSSR count). The van der Waals surface area contributed by atoms with Gasteiger partial charge in [0, 0.05) is 18.5 Å². The van der Waals surface area contributed by atoms with Crippen LogP contribution in [0.25, 0.3) is 0 Å². The molecule has 0 N–H and O–H groups in total. The SMILES string of the molecule is Cc1ccc(S(=O)(=O)N2CCC[C@H]2c2cc(C(C)C)on2)cc1C. The Bertz CT molecular complexity index is 840. The lowest BCUT2D eigenvalue weighted by Crippen LogP contribution is -2.31. The molecular formula is C18H24N2O3S. The topological polar surface area (TPSA) is 63.4 Å². The molecule has 0 aliphatic carbocycles. The first-order chi connectivity index (χ1) is 11.3. The maximum atomic E-state index is 13.1. The smallest absolute Gasteiger partial charge is 0.243 e. The van der Waals surface area contributed by atoms with E-state index in [1.54, 1.807) is 16.4 Å². The molecule has 1 atom stereocenters. The van der Waals surface area contributed by atoms with E-state index in [0.29, 0.717) is 17.1 Å². The maximum Gasteiger partial charge on any atom is 0.243 e. The fourth-order valence-electron chi connectivity index (χ4n) is 3.07. The molecule has 6 heteroatoms. The number of benzene rings is 1. The molecule has 1 aromatic carbocycles. The highest BCUT2D eigenvalue weighted by Crippen LogP contribution is 2.37. The number of aromatic nitrogens is 1. The number of rotatable bonds is 4. The van der Waals surface area contributed by atoms with Crippen LogP contribution in [0.2, 0.25) is 0 Å². The summed E-state index contributed by atoms with van der Waals surface area (Å²) in [6.07, 6.45) is 1.60. The fraction of sp³-hybridized carbons (Fsp3) is 0.500. The van der Waals surface area contributed by atoms with Crippen molar-refractivity contribution in [3.05, 3.63) is 46.8 Å². The van der Waals surface area contributed by atoms with E-state index < -0.39 is 10.0 Å². The molecule has 0 spiro atoms. The lowest BCUT2D eigenvalue weighted by molar-refractivity contribution is 0.338. The first-order valence-corrected chi connectivity index (χ1v) is 9.80. The van der Waals surface area contributed by atoms with Crippen LogP contribution < -0.4 is 0 Å². The van der Waals surface area contributed by atoms with Crippen LogP contribution in [-0.2, 0) is 10.0 Å².